The lowest BCUT2D eigenvalue weighted by molar-refractivity contribution is -0.161. The lowest BCUT2D eigenvalue weighted by Gasteiger charge is -2.18. The summed E-state index contributed by atoms with van der Waals surface area (Å²) in [4.78, 5) is 42.4. The predicted molar refractivity (Wildman–Crippen MR) is 180 cm³/mol. The van der Waals surface area contributed by atoms with Gasteiger partial charge in [0.15, 0.2) is 6.10 Å². The van der Waals surface area contributed by atoms with Gasteiger partial charge in [0.1, 0.15) is 6.61 Å². The van der Waals surface area contributed by atoms with Gasteiger partial charge in [-0.05, 0) is 44.9 Å². The first kappa shape index (κ1) is 42.7. The number of aliphatic hydroxyl groups excluding tert-OH is 1. The van der Waals surface area contributed by atoms with E-state index in [0.717, 1.165) is 38.5 Å². The van der Waals surface area contributed by atoms with Crippen LogP contribution in [0.5, 0.6) is 0 Å². The van der Waals surface area contributed by atoms with Crippen molar-refractivity contribution in [3.63, 3.8) is 0 Å². The predicted octanol–water partition coefficient (Wildman–Crippen LogP) is 8.36. The Morgan fingerprint density at radius 3 is 1.84 bits per heavy atom. The van der Waals surface area contributed by atoms with Gasteiger partial charge in [-0.3, -0.25) is 14.1 Å². The van der Waals surface area contributed by atoms with Crippen LogP contribution in [0.25, 0.3) is 0 Å². The number of unbranched alkanes of at least 4 members (excludes halogenated alkanes) is 9. The van der Waals surface area contributed by atoms with Crippen LogP contribution in [0.4, 0.5) is 0 Å². The van der Waals surface area contributed by atoms with E-state index in [1.54, 1.807) is 6.08 Å². The molecule has 0 bridgehead atoms. The van der Waals surface area contributed by atoms with E-state index in [0.29, 0.717) is 25.7 Å². The van der Waals surface area contributed by atoms with Crippen molar-refractivity contribution >= 4 is 19.8 Å². The molecule has 0 aliphatic rings. The molecule has 0 radical (unpaired) electrons. The van der Waals surface area contributed by atoms with Crippen molar-refractivity contribution in [3.8, 4) is 0 Å². The molecule has 10 heteroatoms. The summed E-state index contributed by atoms with van der Waals surface area (Å²) in [6, 6.07) is 0. The SMILES string of the molecule is CCCCCCCCCCCC(=O)OC[C@H](COP(=O)(O)O)OC(=O)CCC/C=C\C/C=C\C/C=C\C/C=C\C=C\[C@H](O)CC. The first-order chi connectivity index (χ1) is 21.7. The van der Waals surface area contributed by atoms with Gasteiger partial charge < -0.3 is 24.4 Å². The van der Waals surface area contributed by atoms with Gasteiger partial charge in [0.25, 0.3) is 0 Å². The number of ether oxygens (including phenoxy) is 2. The van der Waals surface area contributed by atoms with E-state index >= 15 is 0 Å². The van der Waals surface area contributed by atoms with Crippen molar-refractivity contribution in [1.29, 1.82) is 0 Å². The zero-order valence-electron chi connectivity index (χ0n) is 27.6. The van der Waals surface area contributed by atoms with Gasteiger partial charge >= 0.3 is 19.8 Å². The maximum Gasteiger partial charge on any atom is 0.469 e. The Bertz CT molecular complexity index is 933. The summed E-state index contributed by atoms with van der Waals surface area (Å²) in [5.41, 5.74) is 0. The molecule has 0 fully saturated rings. The molecule has 0 saturated carbocycles. The van der Waals surface area contributed by atoms with E-state index in [-0.39, 0.29) is 25.6 Å². The molecule has 0 aliphatic heterocycles. The lowest BCUT2D eigenvalue weighted by Crippen LogP contribution is -2.29. The summed E-state index contributed by atoms with van der Waals surface area (Å²) in [5, 5.41) is 9.43. The molecule has 2 atom stereocenters. The fourth-order valence-electron chi connectivity index (χ4n) is 4.06. The summed E-state index contributed by atoms with van der Waals surface area (Å²) in [7, 11) is -4.77. The Morgan fingerprint density at radius 2 is 1.24 bits per heavy atom. The van der Waals surface area contributed by atoms with Crippen LogP contribution in [-0.4, -0.2) is 52.3 Å². The van der Waals surface area contributed by atoms with Gasteiger partial charge in [0.05, 0.1) is 12.7 Å². The highest BCUT2D eigenvalue weighted by atomic mass is 31.2. The van der Waals surface area contributed by atoms with Gasteiger partial charge in [-0.1, -0.05) is 126 Å². The fraction of sp³-hybridized carbons (Fsp3) is 0.657. The largest absolute Gasteiger partial charge is 0.469 e. The highest BCUT2D eigenvalue weighted by molar-refractivity contribution is 7.46. The molecule has 0 aromatic heterocycles. The summed E-state index contributed by atoms with van der Waals surface area (Å²) in [5.74, 6) is -0.982. The van der Waals surface area contributed by atoms with Crippen LogP contribution < -0.4 is 0 Å². The van der Waals surface area contributed by atoms with Gasteiger partial charge in [0, 0.05) is 12.8 Å². The van der Waals surface area contributed by atoms with E-state index in [1.807, 2.05) is 37.3 Å². The van der Waals surface area contributed by atoms with Crippen LogP contribution in [0, 0.1) is 0 Å². The first-order valence-electron chi connectivity index (χ1n) is 16.7. The smallest absolute Gasteiger partial charge is 0.462 e. The number of carbonyl (C=O) groups is 2. The second-order valence-electron chi connectivity index (χ2n) is 11.0. The minimum absolute atomic E-state index is 0.118. The average Bonchev–Trinajstić information content (AvgIpc) is 3.00. The molecule has 0 rings (SSSR count). The van der Waals surface area contributed by atoms with E-state index < -0.39 is 32.5 Å². The van der Waals surface area contributed by atoms with Crippen LogP contribution in [-0.2, 0) is 28.2 Å². The third-order valence-corrected chi connectivity index (χ3v) is 7.19. The maximum atomic E-state index is 12.3. The zero-order chi connectivity index (χ0) is 33.4. The van der Waals surface area contributed by atoms with Gasteiger partial charge in [-0.15, -0.1) is 0 Å². The van der Waals surface area contributed by atoms with Crippen molar-refractivity contribution < 1.29 is 43.0 Å². The normalized spacial score (nSPS) is 14.0. The molecule has 45 heavy (non-hydrogen) atoms. The molecule has 3 N–H and O–H groups in total. The number of phosphoric acid groups is 1. The quantitative estimate of drug-likeness (QED) is 0.0239. The number of esters is 2. The van der Waals surface area contributed by atoms with Gasteiger partial charge in [-0.2, -0.15) is 0 Å². The molecule has 0 aromatic carbocycles. The Hall–Kier alpha value is -2.29. The lowest BCUT2D eigenvalue weighted by atomic mass is 10.1. The number of carbonyl (C=O) groups excluding carboxylic acids is 2. The van der Waals surface area contributed by atoms with Gasteiger partial charge in [0.2, 0.25) is 0 Å². The Balaban J connectivity index is 4.17. The molecule has 0 aliphatic carbocycles. The molecule has 9 nitrogen and oxygen atoms in total. The second-order valence-corrected chi connectivity index (χ2v) is 12.2. The molecular formula is C35H59O9P. The topological polar surface area (TPSA) is 140 Å². The minimum atomic E-state index is -4.77. The molecule has 0 aromatic rings. The van der Waals surface area contributed by atoms with E-state index in [9.17, 15) is 19.3 Å². The van der Waals surface area contributed by atoms with Crippen molar-refractivity contribution in [2.24, 2.45) is 0 Å². The summed E-state index contributed by atoms with van der Waals surface area (Å²) < 4.78 is 26.1. The first-order valence-corrected chi connectivity index (χ1v) is 18.2. The molecular weight excluding hydrogens is 595 g/mol. The zero-order valence-corrected chi connectivity index (χ0v) is 28.5. The van der Waals surface area contributed by atoms with Crippen LogP contribution in [0.3, 0.4) is 0 Å². The van der Waals surface area contributed by atoms with Crippen molar-refractivity contribution in [2.45, 2.75) is 135 Å². The van der Waals surface area contributed by atoms with Crippen LogP contribution in [0.1, 0.15) is 123 Å². The fourth-order valence-corrected chi connectivity index (χ4v) is 4.42. The Labute approximate surface area is 271 Å². The van der Waals surface area contributed by atoms with Crippen molar-refractivity contribution in [3.05, 3.63) is 60.8 Å². The number of phosphoric ester groups is 1. The van der Waals surface area contributed by atoms with Crippen LogP contribution in [0.2, 0.25) is 0 Å². The molecule has 0 heterocycles. The molecule has 0 spiro atoms. The molecule has 0 saturated heterocycles. The third kappa shape index (κ3) is 32.9. The average molecular weight is 655 g/mol. The third-order valence-electron chi connectivity index (χ3n) is 6.71. The molecule has 258 valence electrons. The highest BCUT2D eigenvalue weighted by Crippen LogP contribution is 2.35. The van der Waals surface area contributed by atoms with Crippen LogP contribution >= 0.6 is 7.82 Å². The summed E-state index contributed by atoms with van der Waals surface area (Å²) in [6.07, 6.45) is 33.4. The number of hydrogen-bond acceptors (Lipinski definition) is 7. The number of allylic oxidation sites excluding steroid dienone is 9. The molecule has 0 amide bonds. The van der Waals surface area contributed by atoms with Gasteiger partial charge in [-0.25, -0.2) is 4.57 Å². The Kier molecular flexibility index (Phi) is 28.8. The van der Waals surface area contributed by atoms with Crippen molar-refractivity contribution in [1.82, 2.24) is 0 Å². The summed E-state index contributed by atoms with van der Waals surface area (Å²) >= 11 is 0. The standard InChI is InChI=1S/C35H59O9P/c1-3-5-6-7-8-15-19-22-25-28-34(37)42-30-33(31-43-45(39,40)41)44-35(38)29-26-23-20-17-14-12-10-9-11-13-16-18-21-24-27-32(36)4-2/h10-13,17-18,20-21,24,27,32-33,36H,3-9,14-16,19,22-23,25-26,28-31H2,1-2H3,(H2,39,40,41)/b12-10-,13-11-,20-17-,21-18-,27-24+/t32-,33-/m1/s1. The minimum Gasteiger partial charge on any atom is -0.462 e. The second kappa shape index (κ2) is 30.4. The molecule has 0 unspecified atom stereocenters. The van der Waals surface area contributed by atoms with E-state index in [1.165, 1.54) is 32.1 Å². The Morgan fingerprint density at radius 1 is 0.689 bits per heavy atom. The van der Waals surface area contributed by atoms with Crippen molar-refractivity contribution in [2.75, 3.05) is 13.2 Å². The monoisotopic (exact) mass is 654 g/mol. The van der Waals surface area contributed by atoms with E-state index in [2.05, 4.69) is 35.8 Å². The number of rotatable bonds is 29. The number of aliphatic hydroxyl groups is 1. The highest BCUT2D eigenvalue weighted by Gasteiger charge is 2.22. The van der Waals surface area contributed by atoms with E-state index in [4.69, 9.17) is 19.3 Å². The number of hydrogen-bond donors (Lipinski definition) is 3. The van der Waals surface area contributed by atoms with Crippen LogP contribution in [0.15, 0.2) is 60.8 Å². The maximum absolute atomic E-state index is 12.3. The summed E-state index contributed by atoms with van der Waals surface area (Å²) in [6.45, 7) is 3.24.